The first-order valence-corrected chi connectivity index (χ1v) is 9.04. The van der Waals surface area contributed by atoms with Gasteiger partial charge in [0.15, 0.2) is 0 Å². The zero-order valence-electron chi connectivity index (χ0n) is 15.5. The van der Waals surface area contributed by atoms with E-state index in [0.29, 0.717) is 12.0 Å². The van der Waals surface area contributed by atoms with Gasteiger partial charge in [-0.25, -0.2) is 0 Å². The maximum atomic E-state index is 5.62. The van der Waals surface area contributed by atoms with Crippen molar-refractivity contribution < 1.29 is 0 Å². The van der Waals surface area contributed by atoms with E-state index in [1.807, 2.05) is 0 Å². The molecule has 0 rings (SSSR count). The number of nitrogens with zero attached hydrogens (tertiary/aromatic N) is 1. The molecular formula is C20H39N. The summed E-state index contributed by atoms with van der Waals surface area (Å²) in [7, 11) is 2.17. The lowest BCUT2D eigenvalue weighted by Gasteiger charge is -2.26. The van der Waals surface area contributed by atoms with E-state index >= 15 is 0 Å². The molecule has 0 aliphatic rings. The molecule has 0 aliphatic heterocycles. The molecule has 1 heteroatoms. The van der Waals surface area contributed by atoms with Crippen LogP contribution >= 0.6 is 0 Å². The van der Waals surface area contributed by atoms with Crippen LogP contribution in [0.2, 0.25) is 0 Å². The van der Waals surface area contributed by atoms with Gasteiger partial charge in [-0.15, -0.1) is 6.42 Å². The van der Waals surface area contributed by atoms with Gasteiger partial charge in [0.1, 0.15) is 0 Å². The smallest absolute Gasteiger partial charge is 0.0732 e. The second-order valence-corrected chi connectivity index (χ2v) is 7.62. The molecule has 0 spiro atoms. The van der Waals surface area contributed by atoms with Crippen LogP contribution in [0.15, 0.2) is 0 Å². The van der Waals surface area contributed by atoms with Crippen LogP contribution in [-0.4, -0.2) is 24.5 Å². The van der Waals surface area contributed by atoms with Crippen LogP contribution in [0.3, 0.4) is 0 Å². The molecule has 0 bridgehead atoms. The Hall–Kier alpha value is -0.480. The van der Waals surface area contributed by atoms with Crippen LogP contribution < -0.4 is 0 Å². The maximum absolute atomic E-state index is 5.62. The average molecular weight is 294 g/mol. The standard InChI is InChI=1S/C20H39N/c1-8-20(18(4)5)21(7)16-12-11-15-19(6)14-10-9-13-17(2)3/h1,17-20H,9-16H2,2-7H3. The summed E-state index contributed by atoms with van der Waals surface area (Å²) in [6.07, 6.45) is 15.2. The molecule has 21 heavy (non-hydrogen) atoms. The Labute approximate surface area is 134 Å². The third-order valence-electron chi connectivity index (χ3n) is 4.46. The molecule has 0 aromatic rings. The molecule has 0 saturated heterocycles. The second kappa shape index (κ2) is 12.1. The van der Waals surface area contributed by atoms with E-state index in [1.165, 1.54) is 44.9 Å². The topological polar surface area (TPSA) is 3.24 Å². The molecule has 0 fully saturated rings. The predicted octanol–water partition coefficient (Wildman–Crippen LogP) is 5.60. The number of hydrogen-bond acceptors (Lipinski definition) is 1. The zero-order valence-corrected chi connectivity index (χ0v) is 15.5. The van der Waals surface area contributed by atoms with Gasteiger partial charge in [0.05, 0.1) is 6.04 Å². The molecular weight excluding hydrogens is 254 g/mol. The van der Waals surface area contributed by atoms with E-state index in [0.717, 1.165) is 18.4 Å². The summed E-state index contributed by atoms with van der Waals surface area (Å²) >= 11 is 0. The Morgan fingerprint density at radius 1 is 0.857 bits per heavy atom. The maximum Gasteiger partial charge on any atom is 0.0732 e. The fourth-order valence-electron chi connectivity index (χ4n) is 3.01. The number of terminal acetylenes is 1. The lowest BCUT2D eigenvalue weighted by atomic mass is 9.95. The molecule has 0 amide bonds. The third kappa shape index (κ3) is 10.8. The normalized spacial score (nSPS) is 14.7. The summed E-state index contributed by atoms with van der Waals surface area (Å²) < 4.78 is 0. The Morgan fingerprint density at radius 3 is 1.86 bits per heavy atom. The van der Waals surface area contributed by atoms with Crippen LogP contribution in [0, 0.1) is 30.1 Å². The van der Waals surface area contributed by atoms with Crippen LogP contribution in [0.1, 0.15) is 79.6 Å². The van der Waals surface area contributed by atoms with Gasteiger partial charge in [0.2, 0.25) is 0 Å². The van der Waals surface area contributed by atoms with Crippen molar-refractivity contribution in [3.05, 3.63) is 0 Å². The summed E-state index contributed by atoms with van der Waals surface area (Å²) in [5.74, 6) is 5.21. The van der Waals surface area contributed by atoms with Crippen molar-refractivity contribution in [2.45, 2.75) is 85.6 Å². The summed E-state index contributed by atoms with van der Waals surface area (Å²) in [6.45, 7) is 12.6. The second-order valence-electron chi connectivity index (χ2n) is 7.62. The van der Waals surface area contributed by atoms with E-state index in [2.05, 4.69) is 52.5 Å². The van der Waals surface area contributed by atoms with Gasteiger partial charge in [0.25, 0.3) is 0 Å². The first-order valence-electron chi connectivity index (χ1n) is 9.04. The summed E-state index contributed by atoms with van der Waals surface area (Å²) in [6, 6.07) is 0.290. The molecule has 0 aromatic heterocycles. The van der Waals surface area contributed by atoms with Gasteiger partial charge in [-0.2, -0.15) is 0 Å². The van der Waals surface area contributed by atoms with Crippen LogP contribution in [0.5, 0.6) is 0 Å². The van der Waals surface area contributed by atoms with E-state index in [4.69, 9.17) is 6.42 Å². The Balaban J connectivity index is 3.63. The van der Waals surface area contributed by atoms with Crippen molar-refractivity contribution in [1.82, 2.24) is 4.90 Å². The minimum Gasteiger partial charge on any atom is -0.293 e. The van der Waals surface area contributed by atoms with Gasteiger partial charge in [0, 0.05) is 0 Å². The highest BCUT2D eigenvalue weighted by Crippen LogP contribution is 2.18. The zero-order chi connectivity index (χ0) is 16.3. The number of hydrogen-bond donors (Lipinski definition) is 0. The SMILES string of the molecule is C#CC(C(C)C)N(C)CCCCC(C)CCCCC(C)C. The molecule has 1 nitrogen and oxygen atoms in total. The van der Waals surface area contributed by atoms with E-state index in [-0.39, 0.29) is 0 Å². The predicted molar refractivity (Wildman–Crippen MR) is 96.4 cm³/mol. The van der Waals surface area contributed by atoms with Crippen molar-refractivity contribution in [1.29, 1.82) is 0 Å². The molecule has 2 unspecified atom stereocenters. The van der Waals surface area contributed by atoms with Gasteiger partial charge in [-0.05, 0) is 37.8 Å². The molecule has 124 valence electrons. The highest BCUT2D eigenvalue weighted by atomic mass is 15.1. The molecule has 0 aliphatic carbocycles. The molecule has 0 N–H and O–H groups in total. The average Bonchev–Trinajstić information content (AvgIpc) is 2.40. The van der Waals surface area contributed by atoms with Crippen LogP contribution in [0.4, 0.5) is 0 Å². The van der Waals surface area contributed by atoms with Gasteiger partial charge < -0.3 is 0 Å². The quantitative estimate of drug-likeness (QED) is 0.334. The van der Waals surface area contributed by atoms with E-state index in [9.17, 15) is 0 Å². The van der Waals surface area contributed by atoms with Crippen molar-refractivity contribution in [3.63, 3.8) is 0 Å². The van der Waals surface area contributed by atoms with Crippen molar-refractivity contribution >= 4 is 0 Å². The first-order chi connectivity index (χ1) is 9.88. The number of unbranched alkanes of at least 4 members (excludes halogenated alkanes) is 2. The highest BCUT2D eigenvalue weighted by Gasteiger charge is 2.15. The largest absolute Gasteiger partial charge is 0.293 e. The fourth-order valence-corrected chi connectivity index (χ4v) is 3.01. The Morgan fingerprint density at radius 2 is 1.38 bits per heavy atom. The Kier molecular flexibility index (Phi) is 11.8. The molecule has 0 saturated carbocycles. The lowest BCUT2D eigenvalue weighted by Crippen LogP contribution is -2.35. The van der Waals surface area contributed by atoms with Gasteiger partial charge in [-0.1, -0.05) is 79.1 Å². The van der Waals surface area contributed by atoms with E-state index in [1.54, 1.807) is 0 Å². The summed E-state index contributed by atoms with van der Waals surface area (Å²) in [5, 5.41) is 0. The lowest BCUT2D eigenvalue weighted by molar-refractivity contribution is 0.234. The van der Waals surface area contributed by atoms with Crippen molar-refractivity contribution in [3.8, 4) is 12.3 Å². The third-order valence-corrected chi connectivity index (χ3v) is 4.46. The molecule has 0 radical (unpaired) electrons. The van der Waals surface area contributed by atoms with Gasteiger partial charge >= 0.3 is 0 Å². The summed E-state index contributed by atoms with van der Waals surface area (Å²) in [4.78, 5) is 2.35. The van der Waals surface area contributed by atoms with Crippen LogP contribution in [-0.2, 0) is 0 Å². The van der Waals surface area contributed by atoms with Crippen LogP contribution in [0.25, 0.3) is 0 Å². The van der Waals surface area contributed by atoms with Gasteiger partial charge in [-0.3, -0.25) is 4.90 Å². The Bertz CT molecular complexity index is 274. The summed E-state index contributed by atoms with van der Waals surface area (Å²) in [5.41, 5.74) is 0. The minimum atomic E-state index is 0.290. The highest BCUT2D eigenvalue weighted by molar-refractivity contribution is 5.00. The fraction of sp³-hybridized carbons (Fsp3) is 0.900. The van der Waals surface area contributed by atoms with Crippen molar-refractivity contribution in [2.24, 2.45) is 17.8 Å². The molecule has 2 atom stereocenters. The monoisotopic (exact) mass is 293 g/mol. The van der Waals surface area contributed by atoms with Crippen molar-refractivity contribution in [2.75, 3.05) is 13.6 Å². The van der Waals surface area contributed by atoms with E-state index < -0.39 is 0 Å². The molecule has 0 heterocycles. The first kappa shape index (κ1) is 20.5. The molecule has 0 aromatic carbocycles. The minimum absolute atomic E-state index is 0.290. The number of rotatable bonds is 12.